The Morgan fingerprint density at radius 2 is 1.33 bits per heavy atom. The van der Waals surface area contributed by atoms with E-state index >= 15 is 0 Å². The highest BCUT2D eigenvalue weighted by molar-refractivity contribution is 5.99. The third-order valence-electron chi connectivity index (χ3n) is 8.82. The summed E-state index contributed by atoms with van der Waals surface area (Å²) in [7, 11) is 0. The second-order valence-electron chi connectivity index (χ2n) is 12.2. The van der Waals surface area contributed by atoms with Crippen molar-refractivity contribution < 1.29 is 19.1 Å². The molecule has 0 saturated heterocycles. The lowest BCUT2D eigenvalue weighted by Gasteiger charge is -2.18. The third kappa shape index (κ3) is 9.01. The minimum absolute atomic E-state index is 0.0553. The molecule has 0 bridgehead atoms. The maximum Gasteiger partial charge on any atom is 0.333 e. The number of aryl methyl sites for hydroxylation is 2. The Hall–Kier alpha value is -5.26. The van der Waals surface area contributed by atoms with Crippen molar-refractivity contribution in [2.45, 2.75) is 84.0 Å². The Morgan fingerprint density at radius 3 is 2.00 bits per heavy atom. The van der Waals surface area contributed by atoms with E-state index in [1.165, 1.54) is 4.57 Å². The van der Waals surface area contributed by atoms with E-state index in [1.54, 1.807) is 31.2 Å². The number of nitrogens with zero attached hydrogens (tertiary/aromatic N) is 1. The number of H-pyrrole nitrogens is 3. The molecule has 49 heavy (non-hydrogen) atoms. The standard InChI is InChI=1S/C20H18N2O3.C9H14O3.C8H10N2O2/c23-19-17-8-4-5-9-18(17)21-20(24)22(19)14-10-12-16(13-11-14)25-15-6-2-1-3-7-15;1-2-12-9(11)7-5-3-4-6-8(7)10;11-7-5-3-1-2-4-6(5)9-8(12)10-7/h1-3,6-7,10-13H,4-5,8-9H2,(H,21,24);7H,2-6H2,1H3;1-4H2,(H2,9,10,11,12). The molecule has 1 saturated carbocycles. The molecule has 2 aromatic carbocycles. The Labute approximate surface area is 282 Å². The van der Waals surface area contributed by atoms with Crippen LogP contribution in [-0.4, -0.2) is 37.9 Å². The van der Waals surface area contributed by atoms with Crippen LogP contribution in [0.3, 0.4) is 0 Å². The number of carbonyl (C=O) groups excluding carboxylic acids is 2. The molecule has 4 aromatic rings. The number of benzene rings is 2. The first kappa shape index (κ1) is 35.1. The number of para-hydroxylation sites is 1. The van der Waals surface area contributed by atoms with E-state index < -0.39 is 5.92 Å². The van der Waals surface area contributed by atoms with Gasteiger partial charge < -0.3 is 19.4 Å². The van der Waals surface area contributed by atoms with Crippen LogP contribution in [0.4, 0.5) is 0 Å². The number of aromatic amines is 3. The molecule has 12 nitrogen and oxygen atoms in total. The number of carbonyl (C=O) groups is 2. The molecule has 0 spiro atoms. The summed E-state index contributed by atoms with van der Waals surface area (Å²) < 4.78 is 11.7. The summed E-state index contributed by atoms with van der Waals surface area (Å²) in [5, 5.41) is 0. The maximum absolute atomic E-state index is 12.7. The fraction of sp³-hybridized carbons (Fsp3) is 0.405. The molecule has 0 radical (unpaired) electrons. The van der Waals surface area contributed by atoms with Gasteiger partial charge in [0.25, 0.3) is 11.1 Å². The van der Waals surface area contributed by atoms with Crippen LogP contribution in [0.1, 0.15) is 80.8 Å². The van der Waals surface area contributed by atoms with Gasteiger partial charge in [0.15, 0.2) is 0 Å². The summed E-state index contributed by atoms with van der Waals surface area (Å²) in [6, 6.07) is 16.4. The summed E-state index contributed by atoms with van der Waals surface area (Å²) in [4.78, 5) is 77.3. The molecule has 2 aromatic heterocycles. The number of hydrogen-bond donors (Lipinski definition) is 3. The van der Waals surface area contributed by atoms with Gasteiger partial charge in [-0.05, 0) is 108 Å². The summed E-state index contributed by atoms with van der Waals surface area (Å²) in [6.07, 6.45) is 10.3. The van der Waals surface area contributed by atoms with Crippen LogP contribution in [0, 0.1) is 5.92 Å². The van der Waals surface area contributed by atoms with Crippen molar-refractivity contribution in [2.75, 3.05) is 6.61 Å². The number of hydrogen-bond acceptors (Lipinski definition) is 8. The zero-order valence-electron chi connectivity index (χ0n) is 27.7. The van der Waals surface area contributed by atoms with Gasteiger partial charge in [0.05, 0.1) is 12.3 Å². The second-order valence-corrected chi connectivity index (χ2v) is 12.2. The van der Waals surface area contributed by atoms with Gasteiger partial charge in [-0.2, -0.15) is 0 Å². The molecule has 2 heterocycles. The van der Waals surface area contributed by atoms with Crippen molar-refractivity contribution in [2.24, 2.45) is 5.92 Å². The third-order valence-corrected chi connectivity index (χ3v) is 8.82. The molecule has 3 aliphatic rings. The lowest BCUT2D eigenvalue weighted by atomic mass is 9.88. The molecule has 1 fully saturated rings. The minimum atomic E-state index is -0.460. The van der Waals surface area contributed by atoms with Crippen molar-refractivity contribution in [3.63, 3.8) is 0 Å². The van der Waals surface area contributed by atoms with Crippen LogP contribution in [-0.2, 0) is 40.0 Å². The molecule has 3 aliphatic carbocycles. The number of esters is 1. The average molecular weight is 671 g/mol. The molecule has 258 valence electrons. The minimum Gasteiger partial charge on any atom is -0.465 e. The molecule has 3 N–H and O–H groups in total. The first-order valence-electron chi connectivity index (χ1n) is 17.0. The van der Waals surface area contributed by atoms with Crippen molar-refractivity contribution in [3.8, 4) is 17.2 Å². The van der Waals surface area contributed by atoms with Crippen LogP contribution in [0.25, 0.3) is 5.69 Å². The zero-order chi connectivity index (χ0) is 34.8. The van der Waals surface area contributed by atoms with Crippen LogP contribution in [0.2, 0.25) is 0 Å². The topological polar surface area (TPSA) is 173 Å². The monoisotopic (exact) mass is 670 g/mol. The fourth-order valence-corrected chi connectivity index (χ4v) is 6.33. The smallest absolute Gasteiger partial charge is 0.333 e. The van der Waals surface area contributed by atoms with Crippen LogP contribution in [0.15, 0.2) is 73.8 Å². The number of aromatic nitrogens is 4. The molecule has 0 aliphatic heterocycles. The zero-order valence-corrected chi connectivity index (χ0v) is 27.7. The summed E-state index contributed by atoms with van der Waals surface area (Å²) in [5.74, 6) is 0.650. The predicted molar refractivity (Wildman–Crippen MR) is 184 cm³/mol. The van der Waals surface area contributed by atoms with Gasteiger partial charge in [0, 0.05) is 28.9 Å². The Kier molecular flexibility index (Phi) is 12.0. The molecule has 1 unspecified atom stereocenters. The van der Waals surface area contributed by atoms with Crippen molar-refractivity contribution in [1.82, 2.24) is 19.5 Å². The Bertz CT molecular complexity index is 1990. The van der Waals surface area contributed by atoms with E-state index in [4.69, 9.17) is 9.47 Å². The van der Waals surface area contributed by atoms with Gasteiger partial charge >= 0.3 is 17.3 Å². The van der Waals surface area contributed by atoms with E-state index in [0.29, 0.717) is 30.9 Å². The molecule has 12 heteroatoms. The van der Waals surface area contributed by atoms with Crippen LogP contribution in [0.5, 0.6) is 11.5 Å². The summed E-state index contributed by atoms with van der Waals surface area (Å²) in [5.41, 5.74) is 2.46. The van der Waals surface area contributed by atoms with Crippen LogP contribution < -0.4 is 27.2 Å². The Balaban J connectivity index is 0.000000163. The highest BCUT2D eigenvalue weighted by Gasteiger charge is 2.29. The second kappa shape index (κ2) is 16.7. The number of ether oxygens (including phenoxy) is 2. The number of Topliss-reactive ketones (excluding diaryl/α,β-unsaturated/α-hetero) is 1. The van der Waals surface area contributed by atoms with E-state index in [-0.39, 0.29) is 34.3 Å². The van der Waals surface area contributed by atoms with E-state index in [9.17, 15) is 28.8 Å². The van der Waals surface area contributed by atoms with Gasteiger partial charge in [-0.3, -0.25) is 24.2 Å². The molecular formula is C37H42N4O8. The number of fused-ring (bicyclic) bond motifs is 2. The first-order valence-corrected chi connectivity index (χ1v) is 17.0. The van der Waals surface area contributed by atoms with E-state index in [2.05, 4.69) is 15.0 Å². The molecule has 0 amide bonds. The lowest BCUT2D eigenvalue weighted by molar-refractivity contribution is -0.152. The SMILES string of the molecule is CCOC(=O)C1CCCCC1=O.O=c1[nH]c2c(c(=O)[nH]1)CCCC2.O=c1[nH]c2c(c(=O)n1-c1ccc(Oc3ccccc3)cc1)CCCC2. The molecule has 1 atom stereocenters. The normalized spacial score (nSPS) is 16.4. The van der Waals surface area contributed by atoms with Gasteiger partial charge in [-0.15, -0.1) is 0 Å². The van der Waals surface area contributed by atoms with Crippen molar-refractivity contribution >= 4 is 11.8 Å². The van der Waals surface area contributed by atoms with Crippen LogP contribution >= 0.6 is 0 Å². The molecular weight excluding hydrogens is 628 g/mol. The van der Waals surface area contributed by atoms with Gasteiger partial charge in [0.1, 0.15) is 23.2 Å². The van der Waals surface area contributed by atoms with Crippen molar-refractivity contribution in [3.05, 3.63) is 119 Å². The predicted octanol–water partition coefficient (Wildman–Crippen LogP) is 4.45. The average Bonchev–Trinajstić information content (AvgIpc) is 3.10. The van der Waals surface area contributed by atoms with E-state index in [0.717, 1.165) is 92.5 Å². The summed E-state index contributed by atoms with van der Waals surface area (Å²) in [6.45, 7) is 2.12. The largest absolute Gasteiger partial charge is 0.465 e. The number of rotatable bonds is 5. The van der Waals surface area contributed by atoms with Gasteiger partial charge in [-0.25, -0.2) is 14.2 Å². The molecule has 7 rings (SSSR count). The van der Waals surface area contributed by atoms with Crippen molar-refractivity contribution in [1.29, 1.82) is 0 Å². The maximum atomic E-state index is 12.7. The Morgan fingerprint density at radius 1 is 0.714 bits per heavy atom. The highest BCUT2D eigenvalue weighted by atomic mass is 16.5. The lowest BCUT2D eigenvalue weighted by Crippen LogP contribution is -2.38. The summed E-state index contributed by atoms with van der Waals surface area (Å²) >= 11 is 0. The fourth-order valence-electron chi connectivity index (χ4n) is 6.33. The van der Waals surface area contributed by atoms with Gasteiger partial charge in [0.2, 0.25) is 0 Å². The number of ketones is 1. The van der Waals surface area contributed by atoms with Gasteiger partial charge in [-0.1, -0.05) is 24.6 Å². The number of nitrogens with one attached hydrogen (secondary N) is 3. The highest BCUT2D eigenvalue weighted by Crippen LogP contribution is 2.23. The van der Waals surface area contributed by atoms with E-state index in [1.807, 2.05) is 30.3 Å². The quantitative estimate of drug-likeness (QED) is 0.206. The first-order chi connectivity index (χ1) is 23.7.